The number of nitro groups is 1. The molecule has 0 aliphatic rings. The van der Waals surface area contributed by atoms with E-state index in [0.717, 1.165) is 0 Å². The van der Waals surface area contributed by atoms with Gasteiger partial charge in [0.25, 0.3) is 0 Å². The molecule has 1 heterocycles. The molecule has 6 nitrogen and oxygen atoms in total. The Morgan fingerprint density at radius 1 is 1.30 bits per heavy atom. The summed E-state index contributed by atoms with van der Waals surface area (Å²) in [6.07, 6.45) is 0. The van der Waals surface area contributed by atoms with E-state index in [1.54, 1.807) is 37.3 Å². The lowest BCUT2D eigenvalue weighted by Gasteiger charge is -2.09. The largest absolute Gasteiger partial charge is 0.321 e. The predicted octanol–water partition coefficient (Wildman–Crippen LogP) is 2.91. The molecule has 0 radical (unpaired) electrons. The van der Waals surface area contributed by atoms with Gasteiger partial charge in [0.1, 0.15) is 5.69 Å². The van der Waals surface area contributed by atoms with Crippen LogP contribution in [0, 0.1) is 17.0 Å². The highest BCUT2D eigenvalue weighted by atomic mass is 16.6. The molecule has 1 aromatic heterocycles. The fraction of sp³-hybridized carbons (Fsp3) is 0.286. The third kappa shape index (κ3) is 2.32. The van der Waals surface area contributed by atoms with Crippen LogP contribution in [0.1, 0.15) is 41.6 Å². The van der Waals surface area contributed by atoms with Gasteiger partial charge in [-0.25, -0.2) is 0 Å². The van der Waals surface area contributed by atoms with Crippen LogP contribution in [0.2, 0.25) is 0 Å². The number of ketones is 1. The number of aryl methyl sites for hydroxylation is 1. The second-order valence-corrected chi connectivity index (χ2v) is 4.77. The summed E-state index contributed by atoms with van der Waals surface area (Å²) in [5.41, 5.74) is 0.488. The first-order chi connectivity index (χ1) is 9.43. The fourth-order valence-corrected chi connectivity index (χ4v) is 2.07. The number of carbonyl (C=O) groups excluding carboxylic acids is 1. The Morgan fingerprint density at radius 3 is 2.40 bits per heavy atom. The molecule has 0 saturated heterocycles. The highest BCUT2D eigenvalue weighted by molar-refractivity contribution is 6.10. The number of rotatable bonds is 4. The van der Waals surface area contributed by atoms with Crippen LogP contribution in [0.15, 0.2) is 30.3 Å². The molecule has 0 bridgehead atoms. The van der Waals surface area contributed by atoms with Gasteiger partial charge in [-0.05, 0) is 20.8 Å². The maximum absolute atomic E-state index is 12.5. The number of carbonyl (C=O) groups is 1. The minimum atomic E-state index is -0.544. The minimum Gasteiger partial charge on any atom is -0.287 e. The normalized spacial score (nSPS) is 10.8. The van der Waals surface area contributed by atoms with Crippen molar-refractivity contribution in [1.82, 2.24) is 9.78 Å². The van der Waals surface area contributed by atoms with Crippen LogP contribution in [0.25, 0.3) is 0 Å². The molecule has 0 aliphatic heterocycles. The summed E-state index contributed by atoms with van der Waals surface area (Å²) in [6.45, 7) is 5.20. The molecule has 104 valence electrons. The summed E-state index contributed by atoms with van der Waals surface area (Å²) in [5.74, 6) is -0.383. The molecule has 20 heavy (non-hydrogen) atoms. The van der Waals surface area contributed by atoms with Crippen molar-refractivity contribution in [2.75, 3.05) is 0 Å². The monoisotopic (exact) mass is 273 g/mol. The third-order valence-electron chi connectivity index (χ3n) is 2.98. The first kappa shape index (κ1) is 13.9. The van der Waals surface area contributed by atoms with E-state index in [1.165, 1.54) is 4.68 Å². The zero-order valence-electron chi connectivity index (χ0n) is 11.5. The lowest BCUT2D eigenvalue weighted by atomic mass is 10.1. The number of nitrogens with zero attached hydrogens (tertiary/aromatic N) is 3. The zero-order valence-corrected chi connectivity index (χ0v) is 11.5. The van der Waals surface area contributed by atoms with Gasteiger partial charge in [-0.2, -0.15) is 5.10 Å². The van der Waals surface area contributed by atoms with Crippen molar-refractivity contribution < 1.29 is 9.72 Å². The maximum atomic E-state index is 12.5. The second-order valence-electron chi connectivity index (χ2n) is 4.77. The molecule has 0 spiro atoms. The first-order valence-corrected chi connectivity index (χ1v) is 6.26. The molecule has 0 N–H and O–H groups in total. The Kier molecular flexibility index (Phi) is 3.65. The SMILES string of the molecule is Cc1nn(C(C)C)c(C(=O)c2ccccc2)c1[N+](=O)[O-]. The molecule has 0 saturated carbocycles. The predicted molar refractivity (Wildman–Crippen MR) is 73.9 cm³/mol. The van der Waals surface area contributed by atoms with E-state index < -0.39 is 4.92 Å². The highest BCUT2D eigenvalue weighted by Gasteiger charge is 2.31. The van der Waals surface area contributed by atoms with E-state index in [9.17, 15) is 14.9 Å². The van der Waals surface area contributed by atoms with E-state index in [2.05, 4.69) is 5.10 Å². The number of hydrogen-bond acceptors (Lipinski definition) is 4. The molecule has 0 unspecified atom stereocenters. The Hall–Kier alpha value is -2.50. The van der Waals surface area contributed by atoms with Crippen LogP contribution in [-0.4, -0.2) is 20.5 Å². The lowest BCUT2D eigenvalue weighted by Crippen LogP contribution is -2.14. The summed E-state index contributed by atoms with van der Waals surface area (Å²) in [6, 6.07) is 8.38. The number of hydrogen-bond donors (Lipinski definition) is 0. The summed E-state index contributed by atoms with van der Waals surface area (Å²) in [4.78, 5) is 23.2. The molecule has 0 amide bonds. The Balaban J connectivity index is 2.66. The average Bonchev–Trinajstić information content (AvgIpc) is 2.76. The van der Waals surface area contributed by atoms with Gasteiger partial charge in [-0.3, -0.25) is 19.6 Å². The van der Waals surface area contributed by atoms with E-state index in [4.69, 9.17) is 0 Å². The summed E-state index contributed by atoms with van der Waals surface area (Å²) < 4.78 is 1.42. The lowest BCUT2D eigenvalue weighted by molar-refractivity contribution is -0.385. The van der Waals surface area contributed by atoms with E-state index in [1.807, 2.05) is 13.8 Å². The van der Waals surface area contributed by atoms with Gasteiger partial charge >= 0.3 is 5.69 Å². The third-order valence-corrected chi connectivity index (χ3v) is 2.98. The van der Waals surface area contributed by atoms with Crippen LogP contribution in [-0.2, 0) is 0 Å². The van der Waals surface area contributed by atoms with E-state index >= 15 is 0 Å². The quantitative estimate of drug-likeness (QED) is 0.487. The van der Waals surface area contributed by atoms with Gasteiger partial charge in [0, 0.05) is 11.6 Å². The Morgan fingerprint density at radius 2 is 1.90 bits per heavy atom. The van der Waals surface area contributed by atoms with Gasteiger partial charge in [-0.1, -0.05) is 30.3 Å². The van der Waals surface area contributed by atoms with Gasteiger partial charge < -0.3 is 0 Å². The zero-order chi connectivity index (χ0) is 14.9. The van der Waals surface area contributed by atoms with Crippen molar-refractivity contribution in [3.63, 3.8) is 0 Å². The topological polar surface area (TPSA) is 78.0 Å². The van der Waals surface area contributed by atoms with Gasteiger partial charge in [-0.15, -0.1) is 0 Å². The van der Waals surface area contributed by atoms with Crippen molar-refractivity contribution in [2.24, 2.45) is 0 Å². The average molecular weight is 273 g/mol. The molecule has 6 heteroatoms. The maximum Gasteiger partial charge on any atom is 0.321 e. The van der Waals surface area contributed by atoms with Crippen molar-refractivity contribution in [3.05, 3.63) is 57.4 Å². The van der Waals surface area contributed by atoms with Crippen molar-refractivity contribution in [1.29, 1.82) is 0 Å². The van der Waals surface area contributed by atoms with Crippen molar-refractivity contribution in [2.45, 2.75) is 26.8 Å². The van der Waals surface area contributed by atoms with Gasteiger partial charge in [0.15, 0.2) is 5.69 Å². The van der Waals surface area contributed by atoms with Crippen LogP contribution >= 0.6 is 0 Å². The smallest absolute Gasteiger partial charge is 0.287 e. The van der Waals surface area contributed by atoms with Crippen LogP contribution < -0.4 is 0 Å². The molecular formula is C14H15N3O3. The fourth-order valence-electron chi connectivity index (χ4n) is 2.07. The van der Waals surface area contributed by atoms with E-state index in [-0.39, 0.29) is 28.9 Å². The number of benzene rings is 1. The van der Waals surface area contributed by atoms with Crippen LogP contribution in [0.3, 0.4) is 0 Å². The van der Waals surface area contributed by atoms with Crippen LogP contribution in [0.4, 0.5) is 5.69 Å². The van der Waals surface area contributed by atoms with Gasteiger partial charge in [0.2, 0.25) is 5.78 Å². The molecular weight excluding hydrogens is 258 g/mol. The second kappa shape index (κ2) is 5.24. The molecule has 1 aromatic carbocycles. The molecule has 2 rings (SSSR count). The summed E-state index contributed by atoms with van der Waals surface area (Å²) in [5, 5.41) is 15.3. The molecule has 2 aromatic rings. The Bertz CT molecular complexity index is 660. The standard InChI is InChI=1S/C14H15N3O3/c1-9(2)16-13(12(17(19)20)10(3)15-16)14(18)11-7-5-4-6-8-11/h4-9H,1-3H3. The molecule has 0 aliphatic carbocycles. The number of aromatic nitrogens is 2. The van der Waals surface area contributed by atoms with Crippen LogP contribution in [0.5, 0.6) is 0 Å². The summed E-state index contributed by atoms with van der Waals surface area (Å²) >= 11 is 0. The van der Waals surface area contributed by atoms with E-state index in [0.29, 0.717) is 5.56 Å². The summed E-state index contributed by atoms with van der Waals surface area (Å²) in [7, 11) is 0. The highest BCUT2D eigenvalue weighted by Crippen LogP contribution is 2.27. The Labute approximate surface area is 116 Å². The van der Waals surface area contributed by atoms with Crippen molar-refractivity contribution in [3.8, 4) is 0 Å². The van der Waals surface area contributed by atoms with Crippen molar-refractivity contribution >= 4 is 11.5 Å². The first-order valence-electron chi connectivity index (χ1n) is 6.26. The molecule has 0 fully saturated rings. The minimum absolute atomic E-state index is 0.0358. The molecule has 0 atom stereocenters. The van der Waals surface area contributed by atoms with Gasteiger partial charge in [0.05, 0.1) is 4.92 Å².